The van der Waals surface area contributed by atoms with Crippen molar-refractivity contribution in [1.29, 1.82) is 0 Å². The summed E-state index contributed by atoms with van der Waals surface area (Å²) in [5, 5.41) is 0. The van der Waals surface area contributed by atoms with Crippen molar-refractivity contribution in [1.82, 2.24) is 0 Å². The third kappa shape index (κ3) is 3.46. The molecule has 0 radical (unpaired) electrons. The van der Waals surface area contributed by atoms with Crippen molar-refractivity contribution in [2.45, 2.75) is 48.8 Å². The van der Waals surface area contributed by atoms with Gasteiger partial charge in [0.2, 0.25) is 0 Å². The van der Waals surface area contributed by atoms with E-state index in [0.29, 0.717) is 0 Å². The zero-order valence-corrected chi connectivity index (χ0v) is 12.7. The summed E-state index contributed by atoms with van der Waals surface area (Å²) in [6.07, 6.45) is -23.4. The van der Waals surface area contributed by atoms with Crippen LogP contribution in [0.25, 0.3) is 0 Å². The molecule has 0 aromatic carbocycles. The molecule has 0 spiro atoms. The van der Waals surface area contributed by atoms with Crippen LogP contribution < -0.4 is 0 Å². The number of carbonyl (C=O) groups excluding carboxylic acids is 1. The van der Waals surface area contributed by atoms with Crippen molar-refractivity contribution in [3.8, 4) is 0 Å². The van der Waals surface area contributed by atoms with Crippen LogP contribution in [-0.2, 0) is 9.53 Å². The highest BCUT2D eigenvalue weighted by Crippen LogP contribution is 2.63. The minimum atomic E-state index is -8.40. The van der Waals surface area contributed by atoms with Crippen LogP contribution in [0.15, 0.2) is 12.2 Å². The highest BCUT2D eigenvalue weighted by Gasteiger charge is 2.97. The van der Waals surface area contributed by atoms with E-state index in [1.807, 2.05) is 0 Å². The molecule has 0 saturated carbocycles. The third-order valence-corrected chi connectivity index (χ3v) is 2.98. The van der Waals surface area contributed by atoms with Gasteiger partial charge in [-0.15, -0.1) is 0 Å². The highest BCUT2D eigenvalue weighted by molar-refractivity contribution is 5.87. The van der Waals surface area contributed by atoms with Crippen LogP contribution in [0, 0.1) is 0 Å². The summed E-state index contributed by atoms with van der Waals surface area (Å²) in [4.78, 5) is 11.0. The normalized spacial score (nSPS) is 15.4. The second-order valence-corrected chi connectivity index (χ2v) is 5.07. The molecular formula is C11H5F15O2. The number of hydrogen-bond donors (Lipinski definition) is 0. The molecule has 0 amide bonds. The molecule has 2 nitrogen and oxygen atoms in total. The maximum absolute atomic E-state index is 13.7. The van der Waals surface area contributed by atoms with E-state index in [9.17, 15) is 70.7 Å². The van der Waals surface area contributed by atoms with Crippen LogP contribution in [-0.4, -0.2) is 47.9 Å². The molecule has 0 aromatic rings. The van der Waals surface area contributed by atoms with Crippen LogP contribution >= 0.6 is 0 Å². The number of ether oxygens (including phenoxy) is 1. The van der Waals surface area contributed by atoms with E-state index in [4.69, 9.17) is 0 Å². The summed E-state index contributed by atoms with van der Waals surface area (Å²) >= 11 is 0. The Labute approximate surface area is 143 Å². The van der Waals surface area contributed by atoms with Crippen LogP contribution in [0.5, 0.6) is 0 Å². The van der Waals surface area contributed by atoms with Crippen LogP contribution in [0.3, 0.4) is 0 Å². The summed E-state index contributed by atoms with van der Waals surface area (Å²) in [7, 11) is 0. The Morgan fingerprint density at radius 1 is 0.607 bits per heavy atom. The van der Waals surface area contributed by atoms with Gasteiger partial charge in [-0.05, 0) is 6.92 Å². The first-order valence-electron chi connectivity index (χ1n) is 6.05. The third-order valence-electron chi connectivity index (χ3n) is 2.98. The van der Waals surface area contributed by atoms with Crippen molar-refractivity contribution in [3.05, 3.63) is 12.2 Å². The highest BCUT2D eigenvalue weighted by atomic mass is 19.4. The standard InChI is InChI=1S/C11H5F15O2/c1-3(2)4(27)28-5(9(18,19)20,10(21,22)23)6(12,13)7(14,15)8(16,17)11(24,25)26/h1H2,2H3. The van der Waals surface area contributed by atoms with E-state index in [1.54, 1.807) is 0 Å². The number of alkyl halides is 15. The zero-order chi connectivity index (χ0) is 23.4. The van der Waals surface area contributed by atoms with Gasteiger partial charge in [0.05, 0.1) is 0 Å². The Morgan fingerprint density at radius 3 is 1.14 bits per heavy atom. The lowest BCUT2D eigenvalue weighted by Crippen LogP contribution is -2.78. The van der Waals surface area contributed by atoms with E-state index in [0.717, 1.165) is 0 Å². The maximum atomic E-state index is 13.7. The van der Waals surface area contributed by atoms with E-state index in [1.165, 1.54) is 0 Å². The fourth-order valence-corrected chi connectivity index (χ4v) is 1.52. The van der Waals surface area contributed by atoms with Gasteiger partial charge in [-0.3, -0.25) is 0 Å². The predicted octanol–water partition coefficient (Wildman–Crippen LogP) is 5.44. The van der Waals surface area contributed by atoms with Gasteiger partial charge < -0.3 is 4.74 Å². The number of carbonyl (C=O) groups is 1. The number of halogens is 15. The van der Waals surface area contributed by atoms with Gasteiger partial charge in [0.25, 0.3) is 0 Å². The number of rotatable bonds is 5. The van der Waals surface area contributed by atoms with Crippen molar-refractivity contribution in [2.24, 2.45) is 0 Å². The lowest BCUT2D eigenvalue weighted by Gasteiger charge is -2.45. The molecule has 0 rings (SSSR count). The fraction of sp³-hybridized carbons (Fsp3) is 0.727. The fourth-order valence-electron chi connectivity index (χ4n) is 1.52. The van der Waals surface area contributed by atoms with Gasteiger partial charge in [0.15, 0.2) is 0 Å². The molecule has 166 valence electrons. The molecule has 28 heavy (non-hydrogen) atoms. The van der Waals surface area contributed by atoms with Crippen molar-refractivity contribution < 1.29 is 75.4 Å². The first kappa shape index (κ1) is 26.2. The lowest BCUT2D eigenvalue weighted by molar-refractivity contribution is -0.479. The summed E-state index contributed by atoms with van der Waals surface area (Å²) in [6.45, 7) is 2.60. The van der Waals surface area contributed by atoms with Crippen molar-refractivity contribution in [2.75, 3.05) is 0 Å². The predicted molar refractivity (Wildman–Crippen MR) is 56.6 cm³/mol. The average Bonchev–Trinajstić information content (AvgIpc) is 2.39. The van der Waals surface area contributed by atoms with E-state index >= 15 is 0 Å². The molecule has 0 aliphatic heterocycles. The van der Waals surface area contributed by atoms with Gasteiger partial charge in [-0.2, -0.15) is 65.9 Å². The molecule has 0 aromatic heterocycles. The SMILES string of the molecule is C=C(C)C(=O)OC(C(F)(F)F)(C(F)(F)F)C(F)(F)C(F)(F)C(F)(F)C(F)(F)F. The average molecular weight is 454 g/mol. The van der Waals surface area contributed by atoms with E-state index in [2.05, 4.69) is 11.3 Å². The van der Waals surface area contributed by atoms with Gasteiger partial charge in [0, 0.05) is 5.57 Å². The van der Waals surface area contributed by atoms with Crippen LogP contribution in [0.1, 0.15) is 6.92 Å². The molecule has 0 atom stereocenters. The topological polar surface area (TPSA) is 26.3 Å². The molecule has 0 unspecified atom stereocenters. The van der Waals surface area contributed by atoms with Gasteiger partial charge >= 0.3 is 47.9 Å². The minimum Gasteiger partial charge on any atom is -0.431 e. The molecule has 0 aliphatic carbocycles. The molecule has 0 bridgehead atoms. The smallest absolute Gasteiger partial charge is 0.431 e. The van der Waals surface area contributed by atoms with Crippen LogP contribution in [0.4, 0.5) is 65.9 Å². The first-order valence-corrected chi connectivity index (χ1v) is 6.05. The molecule has 0 N–H and O–H groups in total. The summed E-state index contributed by atoms with van der Waals surface area (Å²) in [5.41, 5.74) is -9.33. The maximum Gasteiger partial charge on any atom is 0.460 e. The van der Waals surface area contributed by atoms with Gasteiger partial charge in [-0.1, -0.05) is 6.58 Å². The molecule has 0 saturated heterocycles. The number of esters is 1. The Bertz CT molecular complexity index is 607. The Hall–Kier alpha value is -1.84. The molecule has 0 aliphatic rings. The van der Waals surface area contributed by atoms with E-state index in [-0.39, 0.29) is 6.92 Å². The van der Waals surface area contributed by atoms with Gasteiger partial charge in [0.1, 0.15) is 0 Å². The largest absolute Gasteiger partial charge is 0.460 e. The lowest BCUT2D eigenvalue weighted by atomic mass is 9.85. The quantitative estimate of drug-likeness (QED) is 0.315. The minimum absolute atomic E-state index is 0.237. The molecule has 17 heteroatoms. The Kier molecular flexibility index (Phi) is 6.17. The monoisotopic (exact) mass is 454 g/mol. The summed E-state index contributed by atoms with van der Waals surface area (Å²) in [5.74, 6) is -28.0. The Balaban J connectivity index is 7.24. The second-order valence-electron chi connectivity index (χ2n) is 5.07. The van der Waals surface area contributed by atoms with Crippen LogP contribution in [0.2, 0.25) is 0 Å². The van der Waals surface area contributed by atoms with Crippen molar-refractivity contribution >= 4 is 5.97 Å². The first-order chi connectivity index (χ1) is 11.8. The number of hydrogen-bond acceptors (Lipinski definition) is 2. The summed E-state index contributed by atoms with van der Waals surface area (Å²) < 4.78 is 195. The molecular weight excluding hydrogens is 449 g/mol. The van der Waals surface area contributed by atoms with Gasteiger partial charge in [-0.25, -0.2) is 4.79 Å². The summed E-state index contributed by atoms with van der Waals surface area (Å²) in [6, 6.07) is 0. The molecule has 0 heterocycles. The van der Waals surface area contributed by atoms with E-state index < -0.39 is 53.4 Å². The second kappa shape index (κ2) is 6.60. The van der Waals surface area contributed by atoms with Crippen molar-refractivity contribution in [3.63, 3.8) is 0 Å². The molecule has 0 fully saturated rings. The zero-order valence-electron chi connectivity index (χ0n) is 12.7. The Morgan fingerprint density at radius 2 is 0.929 bits per heavy atom.